The standard InChI is InChI=1S/C37H33NO10S/c1-19(13-32(43)44)11-12-37(47)20(2)34(28(41)17-36(37,3)4)49-18-31(42)38-21-5-8-24(27(14-21)35(45)46)33-25-9-6-22(39)15-29(25)48-30-16-23(40)7-10-26(30)33/h5-16,39,47H,17-18H2,1-4H3,(H,38,42)(H,43,44)(H,45,46)/b12-11+,19-13-/t37-/m1/s1. The molecule has 252 valence electrons. The van der Waals surface area contributed by atoms with E-state index < -0.39 is 28.9 Å². The molecule has 12 heteroatoms. The first-order valence-electron chi connectivity index (χ1n) is 15.1. The van der Waals surface area contributed by atoms with Crippen molar-refractivity contribution in [3.05, 3.63) is 105 Å². The number of carbonyl (C=O) groups excluding carboxylic acids is 2. The van der Waals surface area contributed by atoms with Gasteiger partial charge in [-0.25, -0.2) is 9.59 Å². The Hall–Kier alpha value is -5.46. The molecular weight excluding hydrogens is 650 g/mol. The van der Waals surface area contributed by atoms with Crippen molar-refractivity contribution in [3.8, 4) is 28.2 Å². The maximum Gasteiger partial charge on any atom is 0.336 e. The number of phenolic OH excluding ortho intramolecular Hbond substituents is 1. The van der Waals surface area contributed by atoms with Crippen molar-refractivity contribution in [3.63, 3.8) is 0 Å². The third kappa shape index (κ3) is 6.92. The zero-order valence-corrected chi connectivity index (χ0v) is 27.8. The number of amides is 1. The van der Waals surface area contributed by atoms with E-state index in [-0.39, 0.29) is 62.2 Å². The molecule has 2 aromatic carbocycles. The Labute approximate surface area is 284 Å². The summed E-state index contributed by atoms with van der Waals surface area (Å²) in [6.45, 7) is 6.63. The van der Waals surface area contributed by atoms with Gasteiger partial charge in [0.05, 0.1) is 16.2 Å². The van der Waals surface area contributed by atoms with Crippen molar-refractivity contribution in [2.24, 2.45) is 5.41 Å². The number of carboxylic acids is 2. The Balaban J connectivity index is 1.44. The number of fused-ring (bicyclic) bond motifs is 2. The van der Waals surface area contributed by atoms with Crippen molar-refractivity contribution < 1.29 is 44.0 Å². The highest BCUT2D eigenvalue weighted by Crippen LogP contribution is 2.49. The molecule has 49 heavy (non-hydrogen) atoms. The zero-order chi connectivity index (χ0) is 35.8. The highest BCUT2D eigenvalue weighted by Gasteiger charge is 2.49. The first-order chi connectivity index (χ1) is 23.0. The van der Waals surface area contributed by atoms with Gasteiger partial charge in [0.2, 0.25) is 5.91 Å². The molecule has 0 bridgehead atoms. The normalized spacial score (nSPS) is 18.0. The summed E-state index contributed by atoms with van der Waals surface area (Å²) in [5.74, 6) is -3.30. The maximum atomic E-state index is 13.1. The van der Waals surface area contributed by atoms with E-state index in [9.17, 15) is 39.3 Å². The van der Waals surface area contributed by atoms with Crippen LogP contribution in [0.4, 0.5) is 5.69 Å². The van der Waals surface area contributed by atoms with Gasteiger partial charge < -0.3 is 30.2 Å². The van der Waals surface area contributed by atoms with Crippen LogP contribution in [-0.2, 0) is 14.4 Å². The maximum absolute atomic E-state index is 13.1. The van der Waals surface area contributed by atoms with E-state index >= 15 is 0 Å². The smallest absolute Gasteiger partial charge is 0.336 e. The minimum atomic E-state index is -1.60. The lowest BCUT2D eigenvalue weighted by atomic mass is 9.64. The fraction of sp³-hybridized carbons (Fsp3) is 0.216. The minimum absolute atomic E-state index is 0.0217. The molecule has 2 aromatic rings. The number of aliphatic hydroxyl groups is 1. The Morgan fingerprint density at radius 2 is 1.71 bits per heavy atom. The van der Waals surface area contributed by atoms with Crippen LogP contribution in [0.2, 0.25) is 0 Å². The molecule has 1 aliphatic heterocycles. The number of nitrogens with one attached hydrogen (secondary N) is 1. The van der Waals surface area contributed by atoms with Crippen LogP contribution in [0.5, 0.6) is 5.75 Å². The second kappa shape index (κ2) is 13.2. The van der Waals surface area contributed by atoms with Crippen LogP contribution in [0.15, 0.2) is 98.1 Å². The van der Waals surface area contributed by atoms with Crippen LogP contribution in [0.1, 0.15) is 44.5 Å². The molecule has 0 fully saturated rings. The number of phenols is 1. The fourth-order valence-electron chi connectivity index (χ4n) is 6.04. The van der Waals surface area contributed by atoms with Gasteiger partial charge >= 0.3 is 11.9 Å². The van der Waals surface area contributed by atoms with Crippen LogP contribution >= 0.6 is 11.8 Å². The van der Waals surface area contributed by atoms with Gasteiger partial charge in [-0.15, -0.1) is 11.8 Å². The molecule has 0 aromatic heterocycles. The largest absolute Gasteiger partial charge is 0.508 e. The predicted molar refractivity (Wildman–Crippen MR) is 186 cm³/mol. The van der Waals surface area contributed by atoms with Crippen LogP contribution < -0.4 is 10.7 Å². The van der Waals surface area contributed by atoms with Crippen molar-refractivity contribution in [1.82, 2.24) is 0 Å². The number of Topliss-reactive ketones (excluding diaryl/α,β-unsaturated/α-hetero) is 1. The summed E-state index contributed by atoms with van der Waals surface area (Å²) in [5, 5.41) is 44.2. The van der Waals surface area contributed by atoms with Gasteiger partial charge in [-0.3, -0.25) is 14.4 Å². The van der Waals surface area contributed by atoms with Gasteiger partial charge in [-0.1, -0.05) is 26.0 Å². The third-order valence-corrected chi connectivity index (χ3v) is 9.80. The SMILES string of the molecule is CC1=C(SCC(=O)Nc2ccc(-c3c4ccc(=O)cc-4oc4cc(O)ccc34)c(C(=O)O)c2)C(=O)CC(C)(C)[C@@]1(O)/C=C/C(C)=C\C(=O)O. The van der Waals surface area contributed by atoms with Gasteiger partial charge in [-0.05, 0) is 73.0 Å². The Morgan fingerprint density at radius 3 is 2.41 bits per heavy atom. The topological polar surface area (TPSA) is 191 Å². The highest BCUT2D eigenvalue weighted by molar-refractivity contribution is 8.04. The van der Waals surface area contributed by atoms with E-state index in [0.717, 1.165) is 17.8 Å². The number of aliphatic carboxylic acids is 1. The molecule has 1 heterocycles. The van der Waals surface area contributed by atoms with Crippen LogP contribution in [-0.4, -0.2) is 55.4 Å². The highest BCUT2D eigenvalue weighted by atomic mass is 32.2. The summed E-state index contributed by atoms with van der Waals surface area (Å²) in [5.41, 5.74) is -0.637. The van der Waals surface area contributed by atoms with E-state index in [1.54, 1.807) is 33.8 Å². The van der Waals surface area contributed by atoms with Crippen LogP contribution in [0.25, 0.3) is 33.4 Å². The molecule has 0 unspecified atom stereocenters. The average molecular weight is 684 g/mol. The number of allylic oxidation sites excluding steroid dienone is 3. The molecule has 3 aliphatic rings. The number of benzene rings is 3. The average Bonchev–Trinajstić information content (AvgIpc) is 3.01. The lowest BCUT2D eigenvalue weighted by Gasteiger charge is -2.45. The second-order valence-electron chi connectivity index (χ2n) is 12.5. The number of rotatable bonds is 9. The summed E-state index contributed by atoms with van der Waals surface area (Å²) in [6.07, 6.45) is 3.92. The molecule has 0 saturated carbocycles. The number of carboxylic acid groups (broad SMARTS) is 2. The van der Waals surface area contributed by atoms with Crippen LogP contribution in [0, 0.1) is 5.41 Å². The number of aromatic carboxylic acids is 1. The van der Waals surface area contributed by atoms with E-state index in [1.165, 1.54) is 60.7 Å². The monoisotopic (exact) mass is 683 g/mol. The third-order valence-electron chi connectivity index (χ3n) is 8.57. The summed E-state index contributed by atoms with van der Waals surface area (Å²) in [4.78, 5) is 62.1. The lowest BCUT2D eigenvalue weighted by Crippen LogP contribution is -2.49. The Kier molecular flexibility index (Phi) is 9.40. The summed E-state index contributed by atoms with van der Waals surface area (Å²) in [6, 6.07) is 12.9. The first kappa shape index (κ1) is 34.9. The lowest BCUT2D eigenvalue weighted by molar-refractivity contribution is -0.131. The van der Waals surface area contributed by atoms with Gasteiger partial charge in [-0.2, -0.15) is 0 Å². The summed E-state index contributed by atoms with van der Waals surface area (Å²) >= 11 is 0.947. The van der Waals surface area contributed by atoms with Gasteiger partial charge in [0, 0.05) is 52.2 Å². The molecule has 5 N–H and O–H groups in total. The van der Waals surface area contributed by atoms with E-state index in [2.05, 4.69) is 5.32 Å². The van der Waals surface area contributed by atoms with Crippen molar-refractivity contribution >= 4 is 52.0 Å². The molecule has 1 amide bonds. The number of hydrogen-bond donors (Lipinski definition) is 5. The van der Waals surface area contributed by atoms with Gasteiger partial charge in [0.1, 0.15) is 22.7 Å². The number of hydrogen-bond acceptors (Lipinski definition) is 9. The van der Waals surface area contributed by atoms with E-state index in [4.69, 9.17) is 9.52 Å². The molecule has 0 spiro atoms. The van der Waals surface area contributed by atoms with Crippen molar-refractivity contribution in [1.29, 1.82) is 0 Å². The minimum Gasteiger partial charge on any atom is -0.508 e. The first-order valence-corrected chi connectivity index (χ1v) is 16.1. The molecule has 5 rings (SSSR count). The molecule has 2 aliphatic carbocycles. The number of anilines is 1. The summed E-state index contributed by atoms with van der Waals surface area (Å²) < 4.78 is 5.86. The van der Waals surface area contributed by atoms with Crippen LogP contribution in [0.3, 0.4) is 0 Å². The van der Waals surface area contributed by atoms with Gasteiger partial charge in [0.25, 0.3) is 0 Å². The zero-order valence-electron chi connectivity index (χ0n) is 27.0. The molecule has 0 radical (unpaired) electrons. The molecule has 11 nitrogen and oxygen atoms in total. The number of carbonyl (C=O) groups is 4. The van der Waals surface area contributed by atoms with E-state index in [1.807, 2.05) is 0 Å². The van der Waals surface area contributed by atoms with E-state index in [0.29, 0.717) is 27.7 Å². The molecular formula is C37H33NO10S. The van der Waals surface area contributed by atoms with Gasteiger partial charge in [0.15, 0.2) is 11.2 Å². The Morgan fingerprint density at radius 1 is 1.00 bits per heavy atom. The predicted octanol–water partition coefficient (Wildman–Crippen LogP) is 6.23. The second-order valence-corrected chi connectivity index (χ2v) is 13.5. The Bertz CT molecular complexity index is 2170. The molecule has 0 saturated heterocycles. The number of ketones is 1. The quantitative estimate of drug-likeness (QED) is 0.0763. The van der Waals surface area contributed by atoms with Crippen molar-refractivity contribution in [2.45, 2.75) is 39.7 Å². The number of thioether (sulfide) groups is 1. The summed E-state index contributed by atoms with van der Waals surface area (Å²) in [7, 11) is 0. The molecule has 1 atom stereocenters. The van der Waals surface area contributed by atoms with Crippen molar-refractivity contribution in [2.75, 3.05) is 11.1 Å². The number of aromatic hydroxyl groups is 1. The fourth-order valence-corrected chi connectivity index (χ4v) is 6.99.